The quantitative estimate of drug-likeness (QED) is 0.859. The van der Waals surface area contributed by atoms with Crippen LogP contribution in [0.3, 0.4) is 0 Å². The van der Waals surface area contributed by atoms with Crippen LogP contribution < -0.4 is 5.32 Å². The zero-order valence-corrected chi connectivity index (χ0v) is 14.8. The standard InChI is InChI=1S/C18H25N5O2/c1-11(2)16-22-18(25-23-16)15(12-6-9-24-10-7-12)20-14-5-8-19-17(21-14)13-3-4-13/h5,8,11-13,15H,3-4,6-7,9-10H2,1-2H3,(H,19,20,21)/t15-/m1/s1. The van der Waals surface area contributed by atoms with Crippen molar-refractivity contribution in [3.8, 4) is 0 Å². The van der Waals surface area contributed by atoms with Crippen molar-refractivity contribution in [2.75, 3.05) is 18.5 Å². The second kappa shape index (κ2) is 7.07. The molecule has 2 aromatic heterocycles. The molecule has 2 aromatic rings. The molecule has 1 saturated carbocycles. The van der Waals surface area contributed by atoms with Crippen molar-refractivity contribution in [2.45, 2.75) is 57.4 Å². The van der Waals surface area contributed by atoms with E-state index in [0.717, 1.165) is 43.5 Å². The van der Waals surface area contributed by atoms with Crippen LogP contribution in [0.2, 0.25) is 0 Å². The van der Waals surface area contributed by atoms with Crippen LogP contribution in [0.1, 0.15) is 74.9 Å². The molecule has 0 bridgehead atoms. The van der Waals surface area contributed by atoms with Gasteiger partial charge in [-0.15, -0.1) is 0 Å². The first kappa shape index (κ1) is 16.4. The van der Waals surface area contributed by atoms with Gasteiger partial charge >= 0.3 is 0 Å². The minimum Gasteiger partial charge on any atom is -0.381 e. The Labute approximate surface area is 147 Å². The van der Waals surface area contributed by atoms with Crippen molar-refractivity contribution in [3.05, 3.63) is 29.8 Å². The van der Waals surface area contributed by atoms with Crippen LogP contribution >= 0.6 is 0 Å². The number of hydrogen-bond acceptors (Lipinski definition) is 7. The highest BCUT2D eigenvalue weighted by Crippen LogP contribution is 2.38. The Morgan fingerprint density at radius 3 is 2.60 bits per heavy atom. The number of aromatic nitrogens is 4. The fourth-order valence-corrected chi connectivity index (χ4v) is 3.19. The van der Waals surface area contributed by atoms with Gasteiger partial charge in [0.2, 0.25) is 5.89 Å². The van der Waals surface area contributed by atoms with Gasteiger partial charge in [-0.1, -0.05) is 19.0 Å². The number of anilines is 1. The third-order valence-electron chi connectivity index (χ3n) is 4.90. The number of ether oxygens (including phenoxy) is 1. The number of hydrogen-bond donors (Lipinski definition) is 1. The van der Waals surface area contributed by atoms with E-state index in [0.29, 0.717) is 17.7 Å². The maximum Gasteiger partial charge on any atom is 0.249 e. The Bertz CT molecular complexity index is 707. The number of nitrogens with zero attached hydrogens (tertiary/aromatic N) is 4. The monoisotopic (exact) mass is 343 g/mol. The van der Waals surface area contributed by atoms with Crippen LogP contribution in [0.5, 0.6) is 0 Å². The first-order chi connectivity index (χ1) is 12.2. The fourth-order valence-electron chi connectivity index (χ4n) is 3.19. The molecule has 134 valence electrons. The zero-order valence-electron chi connectivity index (χ0n) is 14.8. The Morgan fingerprint density at radius 2 is 1.92 bits per heavy atom. The van der Waals surface area contributed by atoms with Gasteiger partial charge in [0.05, 0.1) is 0 Å². The first-order valence-electron chi connectivity index (χ1n) is 9.21. The van der Waals surface area contributed by atoms with Crippen LogP contribution in [0, 0.1) is 5.92 Å². The minimum absolute atomic E-state index is 0.0501. The summed E-state index contributed by atoms with van der Waals surface area (Å²) < 4.78 is 11.1. The molecule has 0 radical (unpaired) electrons. The molecule has 1 aliphatic heterocycles. The maximum absolute atomic E-state index is 5.60. The lowest BCUT2D eigenvalue weighted by atomic mass is 9.91. The smallest absolute Gasteiger partial charge is 0.249 e. The molecule has 1 atom stereocenters. The predicted molar refractivity (Wildman–Crippen MR) is 92.3 cm³/mol. The number of rotatable bonds is 6. The van der Waals surface area contributed by atoms with E-state index in [1.54, 1.807) is 0 Å². The first-order valence-corrected chi connectivity index (χ1v) is 9.21. The van der Waals surface area contributed by atoms with Crippen molar-refractivity contribution >= 4 is 5.82 Å². The van der Waals surface area contributed by atoms with E-state index in [1.807, 2.05) is 12.3 Å². The van der Waals surface area contributed by atoms with Crippen LogP contribution in [0.25, 0.3) is 0 Å². The van der Waals surface area contributed by atoms with Gasteiger partial charge in [-0.25, -0.2) is 9.97 Å². The van der Waals surface area contributed by atoms with E-state index in [-0.39, 0.29) is 12.0 Å². The SMILES string of the molecule is CC(C)c1noc([C@H](Nc2ccnc(C3CC3)n2)C2CCOCC2)n1. The lowest BCUT2D eigenvalue weighted by Gasteiger charge is -2.29. The highest BCUT2D eigenvalue weighted by molar-refractivity contribution is 5.36. The lowest BCUT2D eigenvalue weighted by molar-refractivity contribution is 0.0570. The average Bonchev–Trinajstić information content (AvgIpc) is 3.37. The van der Waals surface area contributed by atoms with Gasteiger partial charge in [0, 0.05) is 31.2 Å². The van der Waals surface area contributed by atoms with Crippen LogP contribution in [0.4, 0.5) is 5.82 Å². The molecule has 0 unspecified atom stereocenters. The Hall–Kier alpha value is -2.02. The zero-order chi connectivity index (χ0) is 17.2. The summed E-state index contributed by atoms with van der Waals surface area (Å²) >= 11 is 0. The third-order valence-corrected chi connectivity index (χ3v) is 4.90. The van der Waals surface area contributed by atoms with E-state index in [4.69, 9.17) is 14.2 Å². The van der Waals surface area contributed by atoms with E-state index < -0.39 is 0 Å². The molecule has 3 heterocycles. The molecule has 7 heteroatoms. The van der Waals surface area contributed by atoms with E-state index in [1.165, 1.54) is 12.8 Å². The topological polar surface area (TPSA) is 86.0 Å². The average molecular weight is 343 g/mol. The van der Waals surface area contributed by atoms with Crippen LogP contribution in [-0.4, -0.2) is 33.3 Å². The molecule has 1 saturated heterocycles. The summed E-state index contributed by atoms with van der Waals surface area (Å²) in [6.07, 6.45) is 6.15. The fraction of sp³-hybridized carbons (Fsp3) is 0.667. The molecule has 2 fully saturated rings. The van der Waals surface area contributed by atoms with Gasteiger partial charge in [0.25, 0.3) is 0 Å². The largest absolute Gasteiger partial charge is 0.381 e. The normalized spacial score (nSPS) is 20.0. The second-order valence-corrected chi connectivity index (χ2v) is 7.29. The van der Waals surface area contributed by atoms with Gasteiger partial charge < -0.3 is 14.6 Å². The maximum atomic E-state index is 5.60. The van der Waals surface area contributed by atoms with Crippen LogP contribution in [-0.2, 0) is 4.74 Å². The lowest BCUT2D eigenvalue weighted by Crippen LogP contribution is -2.27. The second-order valence-electron chi connectivity index (χ2n) is 7.29. The van der Waals surface area contributed by atoms with E-state index in [2.05, 4.69) is 34.3 Å². The molecule has 1 N–H and O–H groups in total. The van der Waals surface area contributed by atoms with E-state index in [9.17, 15) is 0 Å². The summed E-state index contributed by atoms with van der Waals surface area (Å²) in [6.45, 7) is 5.67. The molecule has 25 heavy (non-hydrogen) atoms. The molecule has 4 rings (SSSR count). The molecule has 1 aliphatic carbocycles. The van der Waals surface area contributed by atoms with Crippen molar-refractivity contribution in [2.24, 2.45) is 5.92 Å². The summed E-state index contributed by atoms with van der Waals surface area (Å²) in [7, 11) is 0. The Morgan fingerprint density at radius 1 is 1.12 bits per heavy atom. The highest BCUT2D eigenvalue weighted by Gasteiger charge is 2.31. The van der Waals surface area contributed by atoms with Crippen molar-refractivity contribution in [1.29, 1.82) is 0 Å². The minimum atomic E-state index is -0.0501. The number of nitrogens with one attached hydrogen (secondary N) is 1. The van der Waals surface area contributed by atoms with Crippen molar-refractivity contribution < 1.29 is 9.26 Å². The molecular weight excluding hydrogens is 318 g/mol. The van der Waals surface area contributed by atoms with Gasteiger partial charge in [-0.3, -0.25) is 0 Å². The molecule has 0 spiro atoms. The molecule has 0 aromatic carbocycles. The van der Waals surface area contributed by atoms with Crippen LogP contribution in [0.15, 0.2) is 16.8 Å². The molecule has 0 amide bonds. The predicted octanol–water partition coefficient (Wildman–Crippen LogP) is 3.44. The van der Waals surface area contributed by atoms with Gasteiger partial charge in [0.15, 0.2) is 5.82 Å². The summed E-state index contributed by atoms with van der Waals surface area (Å²) in [5.41, 5.74) is 0. The third kappa shape index (κ3) is 3.81. The summed E-state index contributed by atoms with van der Waals surface area (Å²) in [4.78, 5) is 13.7. The summed E-state index contributed by atoms with van der Waals surface area (Å²) in [5, 5.41) is 7.68. The summed E-state index contributed by atoms with van der Waals surface area (Å²) in [6, 6.07) is 1.86. The van der Waals surface area contributed by atoms with Gasteiger partial charge in [-0.2, -0.15) is 4.98 Å². The van der Waals surface area contributed by atoms with Gasteiger partial charge in [-0.05, 0) is 37.7 Å². The highest BCUT2D eigenvalue weighted by atomic mass is 16.5. The molecular formula is C18H25N5O2. The van der Waals surface area contributed by atoms with Gasteiger partial charge in [0.1, 0.15) is 17.7 Å². The molecule has 2 aliphatic rings. The van der Waals surface area contributed by atoms with E-state index >= 15 is 0 Å². The Kier molecular flexibility index (Phi) is 4.65. The summed E-state index contributed by atoms with van der Waals surface area (Å²) in [5.74, 6) is 4.31. The Balaban J connectivity index is 1.58. The molecule has 7 nitrogen and oxygen atoms in total. The van der Waals surface area contributed by atoms with Crippen molar-refractivity contribution in [3.63, 3.8) is 0 Å². The van der Waals surface area contributed by atoms with Crippen molar-refractivity contribution in [1.82, 2.24) is 20.1 Å².